The van der Waals surface area contributed by atoms with Gasteiger partial charge in [-0.2, -0.15) is 0 Å². The van der Waals surface area contributed by atoms with Crippen molar-refractivity contribution in [3.05, 3.63) is 45.8 Å². The maximum absolute atomic E-state index is 11.8. The highest BCUT2D eigenvalue weighted by Crippen LogP contribution is 2.30. The van der Waals surface area contributed by atoms with Gasteiger partial charge in [-0.3, -0.25) is 4.79 Å². The van der Waals surface area contributed by atoms with Crippen LogP contribution >= 0.6 is 23.2 Å². The van der Waals surface area contributed by atoms with E-state index in [0.29, 0.717) is 0 Å². The number of hydrogen-bond donors (Lipinski definition) is 2. The predicted molar refractivity (Wildman–Crippen MR) is 67.9 cm³/mol. The van der Waals surface area contributed by atoms with Gasteiger partial charge in [0.2, 0.25) is 5.76 Å². The fraction of sp³-hybridized carbons (Fsp3) is 0. The van der Waals surface area contributed by atoms with Gasteiger partial charge in [0.15, 0.2) is 0 Å². The first-order valence-corrected chi connectivity index (χ1v) is 5.69. The van der Waals surface area contributed by atoms with Crippen molar-refractivity contribution in [2.24, 2.45) is 0 Å². The molecule has 2 rings (SSSR count). The number of aromatic carboxylic acids is 1. The molecule has 0 atom stereocenters. The third-order valence-electron chi connectivity index (χ3n) is 2.19. The average Bonchev–Trinajstić information content (AvgIpc) is 2.85. The molecule has 0 fully saturated rings. The zero-order valence-corrected chi connectivity index (χ0v) is 10.7. The molecule has 2 N–H and O–H groups in total. The van der Waals surface area contributed by atoms with Crippen LogP contribution in [0.25, 0.3) is 0 Å². The van der Waals surface area contributed by atoms with Gasteiger partial charge >= 0.3 is 5.97 Å². The highest BCUT2D eigenvalue weighted by Gasteiger charge is 2.19. The van der Waals surface area contributed by atoms with Crippen LogP contribution in [0.4, 0.5) is 5.69 Å². The van der Waals surface area contributed by atoms with E-state index in [4.69, 9.17) is 28.3 Å². The molecular formula is C11H6Cl2N2O4. The summed E-state index contributed by atoms with van der Waals surface area (Å²) in [7, 11) is 0. The van der Waals surface area contributed by atoms with Gasteiger partial charge in [-0.1, -0.05) is 28.4 Å². The predicted octanol–water partition coefficient (Wildman–Crippen LogP) is 2.93. The molecule has 0 bridgehead atoms. The molecule has 1 aromatic heterocycles. The number of carbonyl (C=O) groups excluding carboxylic acids is 1. The molecule has 0 aliphatic heterocycles. The largest absolute Gasteiger partial charge is 0.478 e. The van der Waals surface area contributed by atoms with Crippen LogP contribution in [-0.4, -0.2) is 22.1 Å². The van der Waals surface area contributed by atoms with Gasteiger partial charge in [0.05, 0.1) is 22.5 Å². The van der Waals surface area contributed by atoms with Gasteiger partial charge < -0.3 is 14.9 Å². The first kappa shape index (κ1) is 13.4. The van der Waals surface area contributed by atoms with Crippen molar-refractivity contribution >= 4 is 40.8 Å². The number of anilines is 1. The lowest BCUT2D eigenvalue weighted by Crippen LogP contribution is -2.14. The number of nitrogens with one attached hydrogen (secondary N) is 1. The quantitative estimate of drug-likeness (QED) is 0.909. The molecule has 1 heterocycles. The van der Waals surface area contributed by atoms with Crippen molar-refractivity contribution in [3.8, 4) is 0 Å². The number of nitrogens with zero attached hydrogens (tertiary/aromatic N) is 1. The van der Waals surface area contributed by atoms with Crippen LogP contribution in [0.1, 0.15) is 20.9 Å². The summed E-state index contributed by atoms with van der Waals surface area (Å²) in [6, 6.07) is 3.84. The van der Waals surface area contributed by atoms with Crippen LogP contribution in [0.15, 0.2) is 28.9 Å². The Morgan fingerprint density at radius 1 is 1.32 bits per heavy atom. The Bertz CT molecular complexity index is 640. The molecule has 0 aliphatic rings. The average molecular weight is 301 g/mol. The first-order valence-electron chi connectivity index (χ1n) is 4.93. The van der Waals surface area contributed by atoms with Gasteiger partial charge in [-0.25, -0.2) is 4.79 Å². The van der Waals surface area contributed by atoms with E-state index in [1.54, 1.807) is 0 Å². The van der Waals surface area contributed by atoms with Crippen molar-refractivity contribution in [1.82, 2.24) is 5.16 Å². The van der Waals surface area contributed by atoms with Crippen molar-refractivity contribution in [1.29, 1.82) is 0 Å². The molecule has 0 aliphatic carbocycles. The van der Waals surface area contributed by atoms with Gasteiger partial charge in [0, 0.05) is 11.1 Å². The number of hydrogen-bond acceptors (Lipinski definition) is 4. The van der Waals surface area contributed by atoms with E-state index in [2.05, 4.69) is 15.0 Å². The van der Waals surface area contributed by atoms with E-state index < -0.39 is 11.9 Å². The fourth-order valence-corrected chi connectivity index (χ4v) is 1.92. The van der Waals surface area contributed by atoms with E-state index in [1.165, 1.54) is 24.4 Å². The number of carboxylic acids is 1. The molecule has 2 aromatic rings. The SMILES string of the molecule is O=C(Nc1c(Cl)cc(Cl)cc1C(=O)O)c1ccno1. The monoisotopic (exact) mass is 300 g/mol. The van der Waals surface area contributed by atoms with E-state index in [1.807, 2.05) is 0 Å². The van der Waals surface area contributed by atoms with Crippen LogP contribution in [-0.2, 0) is 0 Å². The van der Waals surface area contributed by atoms with Crippen LogP contribution in [0.2, 0.25) is 10.0 Å². The minimum atomic E-state index is -1.27. The summed E-state index contributed by atoms with van der Waals surface area (Å²) < 4.78 is 4.65. The van der Waals surface area contributed by atoms with Gasteiger partial charge in [0.1, 0.15) is 0 Å². The topological polar surface area (TPSA) is 92.4 Å². The zero-order valence-electron chi connectivity index (χ0n) is 9.18. The van der Waals surface area contributed by atoms with Crippen molar-refractivity contribution < 1.29 is 19.2 Å². The minimum absolute atomic E-state index is 0.0118. The maximum Gasteiger partial charge on any atom is 0.337 e. The first-order chi connectivity index (χ1) is 8.99. The number of carbonyl (C=O) groups is 2. The molecule has 6 nitrogen and oxygen atoms in total. The van der Waals surface area contributed by atoms with Crippen LogP contribution < -0.4 is 5.32 Å². The molecule has 8 heteroatoms. The Balaban J connectivity index is 2.39. The lowest BCUT2D eigenvalue weighted by atomic mass is 10.1. The fourth-order valence-electron chi connectivity index (χ4n) is 1.38. The third-order valence-corrected chi connectivity index (χ3v) is 2.70. The number of aromatic nitrogens is 1. The highest BCUT2D eigenvalue weighted by atomic mass is 35.5. The Labute approximate surface area is 116 Å². The number of rotatable bonds is 3. The second-order valence-electron chi connectivity index (χ2n) is 3.45. The normalized spacial score (nSPS) is 10.2. The van der Waals surface area contributed by atoms with E-state index >= 15 is 0 Å². The number of benzene rings is 1. The van der Waals surface area contributed by atoms with Crippen LogP contribution in [0.3, 0.4) is 0 Å². The number of carboxylic acid groups (broad SMARTS) is 1. The number of halogens is 2. The smallest absolute Gasteiger partial charge is 0.337 e. The molecule has 1 aromatic carbocycles. The summed E-state index contributed by atoms with van der Waals surface area (Å²) in [4.78, 5) is 22.8. The Kier molecular flexibility index (Phi) is 3.73. The standard InChI is InChI=1S/C11H6Cl2N2O4/c12-5-3-6(11(17)18)9(7(13)4-5)15-10(16)8-1-2-14-19-8/h1-4H,(H,15,16)(H,17,18). The Morgan fingerprint density at radius 2 is 2.05 bits per heavy atom. The summed E-state index contributed by atoms with van der Waals surface area (Å²) >= 11 is 11.6. The molecule has 1 amide bonds. The van der Waals surface area contributed by atoms with Crippen LogP contribution in [0, 0.1) is 0 Å². The lowest BCUT2D eigenvalue weighted by molar-refractivity contribution is 0.0698. The molecule has 0 saturated carbocycles. The Morgan fingerprint density at radius 3 is 2.63 bits per heavy atom. The summed E-state index contributed by atoms with van der Waals surface area (Å²) in [5.74, 6) is -2.00. The molecule has 0 saturated heterocycles. The molecule has 0 radical (unpaired) electrons. The molecule has 0 spiro atoms. The van der Waals surface area contributed by atoms with Gasteiger partial charge in [-0.05, 0) is 12.1 Å². The van der Waals surface area contributed by atoms with Crippen LogP contribution in [0.5, 0.6) is 0 Å². The van der Waals surface area contributed by atoms with E-state index in [9.17, 15) is 9.59 Å². The molecule has 19 heavy (non-hydrogen) atoms. The zero-order chi connectivity index (χ0) is 14.0. The summed E-state index contributed by atoms with van der Waals surface area (Å²) in [5.41, 5.74) is -0.273. The molecule has 0 unspecified atom stereocenters. The highest BCUT2D eigenvalue weighted by molar-refractivity contribution is 6.38. The van der Waals surface area contributed by atoms with Gasteiger partial charge in [0.25, 0.3) is 5.91 Å². The summed E-state index contributed by atoms with van der Waals surface area (Å²) in [6.07, 6.45) is 1.29. The second-order valence-corrected chi connectivity index (χ2v) is 4.29. The maximum atomic E-state index is 11.8. The summed E-state index contributed by atoms with van der Waals surface area (Å²) in [5, 5.41) is 14.9. The Hall–Kier alpha value is -2.05. The summed E-state index contributed by atoms with van der Waals surface area (Å²) in [6.45, 7) is 0. The van der Waals surface area contributed by atoms with Crippen molar-refractivity contribution in [2.45, 2.75) is 0 Å². The lowest BCUT2D eigenvalue weighted by Gasteiger charge is -2.09. The van der Waals surface area contributed by atoms with Crippen molar-refractivity contribution in [2.75, 3.05) is 5.32 Å². The van der Waals surface area contributed by atoms with E-state index in [-0.39, 0.29) is 27.1 Å². The molecular weight excluding hydrogens is 295 g/mol. The van der Waals surface area contributed by atoms with E-state index in [0.717, 1.165) is 0 Å². The van der Waals surface area contributed by atoms with Gasteiger partial charge in [-0.15, -0.1) is 0 Å². The van der Waals surface area contributed by atoms with Crippen molar-refractivity contribution in [3.63, 3.8) is 0 Å². The third kappa shape index (κ3) is 2.86. The molecule has 98 valence electrons. The number of amides is 1. The second kappa shape index (κ2) is 5.29. The minimum Gasteiger partial charge on any atom is -0.478 e.